The third-order valence-electron chi connectivity index (χ3n) is 4.38. The first-order valence-electron chi connectivity index (χ1n) is 10.0. The van der Waals surface area contributed by atoms with Crippen molar-refractivity contribution in [2.75, 3.05) is 6.61 Å². The molecule has 0 N–H and O–H groups in total. The van der Waals surface area contributed by atoms with E-state index in [0.29, 0.717) is 6.42 Å². The molecule has 0 spiro atoms. The van der Waals surface area contributed by atoms with E-state index in [9.17, 15) is 9.59 Å². The maximum absolute atomic E-state index is 12.8. The minimum absolute atomic E-state index is 0.234. The summed E-state index contributed by atoms with van der Waals surface area (Å²) in [7, 11) is 0. The van der Waals surface area contributed by atoms with Gasteiger partial charge in [-0.25, -0.2) is 4.79 Å². The van der Waals surface area contributed by atoms with E-state index in [1.165, 1.54) is 11.3 Å². The zero-order valence-electron chi connectivity index (χ0n) is 17.4. The minimum Gasteiger partial charge on any atom is -0.444 e. The van der Waals surface area contributed by atoms with Gasteiger partial charge in [-0.1, -0.05) is 62.4 Å². The molecule has 0 unspecified atom stereocenters. The number of hydrogen-bond donors (Lipinski definition) is 0. The number of rotatable bonds is 6. The third-order valence-corrected chi connectivity index (χ3v) is 4.38. The first-order valence-corrected chi connectivity index (χ1v) is 10.0. The maximum Gasteiger partial charge on any atom is 0.413 e. The zero-order valence-corrected chi connectivity index (χ0v) is 17.4. The Balaban J connectivity index is 2.14. The Morgan fingerprint density at radius 1 is 1.18 bits per heavy atom. The van der Waals surface area contributed by atoms with E-state index in [4.69, 9.17) is 9.47 Å². The molecule has 5 heteroatoms. The van der Waals surface area contributed by atoms with Gasteiger partial charge in [0.15, 0.2) is 0 Å². The smallest absolute Gasteiger partial charge is 0.413 e. The Kier molecular flexibility index (Phi) is 8.07. The summed E-state index contributed by atoms with van der Waals surface area (Å²) in [4.78, 5) is 26.9. The van der Waals surface area contributed by atoms with Crippen molar-refractivity contribution >= 4 is 11.9 Å². The normalized spacial score (nSPS) is 19.1. The zero-order chi connectivity index (χ0) is 20.6. The summed E-state index contributed by atoms with van der Waals surface area (Å²) < 4.78 is 11.2. The molecule has 1 heterocycles. The second-order valence-electron chi connectivity index (χ2n) is 7.98. The molecule has 0 radical (unpaired) electrons. The second-order valence-corrected chi connectivity index (χ2v) is 7.98. The van der Waals surface area contributed by atoms with Crippen LogP contribution in [0.5, 0.6) is 0 Å². The lowest BCUT2D eigenvalue weighted by Gasteiger charge is -2.30. The maximum atomic E-state index is 12.8. The van der Waals surface area contributed by atoms with E-state index >= 15 is 0 Å². The monoisotopic (exact) mass is 385 g/mol. The van der Waals surface area contributed by atoms with Crippen molar-refractivity contribution in [2.45, 2.75) is 77.7 Å². The van der Waals surface area contributed by atoms with Gasteiger partial charge in [-0.15, -0.1) is 0 Å². The van der Waals surface area contributed by atoms with E-state index in [-0.39, 0.29) is 12.6 Å². The van der Waals surface area contributed by atoms with Gasteiger partial charge in [0.05, 0.1) is 12.6 Å². The lowest BCUT2D eigenvalue weighted by Crippen LogP contribution is -2.44. The van der Waals surface area contributed by atoms with Crippen LogP contribution < -0.4 is 0 Å². The van der Waals surface area contributed by atoms with Gasteiger partial charge in [0, 0.05) is 6.42 Å². The summed E-state index contributed by atoms with van der Waals surface area (Å²) in [6.45, 7) is 7.78. The highest BCUT2D eigenvalue weighted by atomic mass is 16.6. The number of carbonyl (C=O) groups excluding carboxylic acids is 2. The molecule has 0 saturated carbocycles. The average molecular weight is 386 g/mol. The van der Waals surface area contributed by atoms with Crippen molar-refractivity contribution in [1.82, 2.24) is 4.90 Å². The first kappa shape index (κ1) is 22.0. The van der Waals surface area contributed by atoms with Crippen LogP contribution in [-0.2, 0) is 14.3 Å². The van der Waals surface area contributed by atoms with Crippen LogP contribution in [0.4, 0.5) is 4.79 Å². The Morgan fingerprint density at radius 2 is 1.89 bits per heavy atom. The fourth-order valence-corrected chi connectivity index (χ4v) is 3.03. The topological polar surface area (TPSA) is 55.8 Å². The molecular weight excluding hydrogens is 354 g/mol. The van der Waals surface area contributed by atoms with E-state index in [0.717, 1.165) is 24.8 Å². The number of amides is 1. The fourth-order valence-electron chi connectivity index (χ4n) is 3.03. The predicted molar refractivity (Wildman–Crippen MR) is 109 cm³/mol. The number of ether oxygens (including phenoxy) is 2. The molecule has 1 saturated heterocycles. The van der Waals surface area contributed by atoms with Crippen molar-refractivity contribution in [3.8, 4) is 11.8 Å². The molecular formula is C23H31NO4. The number of ketones is 1. The largest absolute Gasteiger partial charge is 0.444 e. The molecule has 2 atom stereocenters. The summed E-state index contributed by atoms with van der Waals surface area (Å²) in [6.07, 6.45) is 3.49. The molecule has 0 aliphatic carbocycles. The molecule has 0 bridgehead atoms. The number of nitrogens with zero attached hydrogens (tertiary/aromatic N) is 1. The minimum atomic E-state index is -1.04. The standard InChI is InChI=1S/C23H31NO4/c1-5-6-7-8-9-13-16-20(25)21-24(22(26)28-23(2,3)4)19(17-27-21)18-14-11-10-12-15-18/h10-12,14-15,19,21H,5-9,17H2,1-4H3/t19-,21+/m1/s1. The number of hydrogen-bond acceptors (Lipinski definition) is 4. The molecule has 1 fully saturated rings. The quantitative estimate of drug-likeness (QED) is 0.398. The van der Waals surface area contributed by atoms with Gasteiger partial charge in [-0.3, -0.25) is 9.69 Å². The van der Waals surface area contributed by atoms with Crippen LogP contribution in [0.2, 0.25) is 0 Å². The lowest BCUT2D eigenvalue weighted by molar-refractivity contribution is -0.128. The Bertz CT molecular complexity index is 712. The van der Waals surface area contributed by atoms with Gasteiger partial charge < -0.3 is 9.47 Å². The highest BCUT2D eigenvalue weighted by Crippen LogP contribution is 2.32. The van der Waals surface area contributed by atoms with Crippen LogP contribution in [0.1, 0.15) is 71.4 Å². The van der Waals surface area contributed by atoms with Gasteiger partial charge in [0.2, 0.25) is 6.23 Å². The van der Waals surface area contributed by atoms with Crippen molar-refractivity contribution < 1.29 is 19.1 Å². The Hall–Kier alpha value is -2.32. The van der Waals surface area contributed by atoms with Gasteiger partial charge in [-0.05, 0) is 38.7 Å². The fraction of sp³-hybridized carbons (Fsp3) is 0.565. The number of unbranched alkanes of at least 4 members (excludes halogenated alkanes) is 4. The lowest BCUT2D eigenvalue weighted by atomic mass is 10.1. The molecule has 1 aromatic carbocycles. The average Bonchev–Trinajstić information content (AvgIpc) is 3.09. The summed E-state index contributed by atoms with van der Waals surface area (Å²) >= 11 is 0. The summed E-state index contributed by atoms with van der Waals surface area (Å²) in [5.41, 5.74) is 0.232. The van der Waals surface area contributed by atoms with Gasteiger partial charge >= 0.3 is 6.09 Å². The van der Waals surface area contributed by atoms with Crippen molar-refractivity contribution in [3.63, 3.8) is 0 Å². The van der Waals surface area contributed by atoms with Crippen molar-refractivity contribution in [2.24, 2.45) is 0 Å². The molecule has 5 nitrogen and oxygen atoms in total. The molecule has 2 rings (SSSR count). The summed E-state index contributed by atoms with van der Waals surface area (Å²) in [5, 5.41) is 0. The van der Waals surface area contributed by atoms with E-state index in [2.05, 4.69) is 18.8 Å². The van der Waals surface area contributed by atoms with E-state index < -0.39 is 23.7 Å². The molecule has 152 valence electrons. The van der Waals surface area contributed by atoms with Crippen LogP contribution in [-0.4, -0.2) is 35.2 Å². The third kappa shape index (κ3) is 6.38. The highest BCUT2D eigenvalue weighted by Gasteiger charge is 2.44. The molecule has 1 amide bonds. The summed E-state index contributed by atoms with van der Waals surface area (Å²) in [6, 6.07) is 9.15. The van der Waals surface area contributed by atoms with Crippen molar-refractivity contribution in [3.05, 3.63) is 35.9 Å². The highest BCUT2D eigenvalue weighted by molar-refractivity contribution is 6.00. The van der Waals surface area contributed by atoms with Gasteiger partial charge in [0.25, 0.3) is 5.78 Å². The molecule has 1 aliphatic heterocycles. The Morgan fingerprint density at radius 3 is 2.54 bits per heavy atom. The Labute approximate surface area is 168 Å². The van der Waals surface area contributed by atoms with Crippen LogP contribution >= 0.6 is 0 Å². The second kappa shape index (κ2) is 10.3. The van der Waals surface area contributed by atoms with E-state index in [1.807, 2.05) is 30.3 Å². The molecule has 0 aromatic heterocycles. The van der Waals surface area contributed by atoms with Gasteiger partial charge in [-0.2, -0.15) is 0 Å². The number of carbonyl (C=O) groups is 2. The van der Waals surface area contributed by atoms with Crippen LogP contribution in [0, 0.1) is 11.8 Å². The predicted octanol–water partition coefficient (Wildman–Crippen LogP) is 4.86. The first-order chi connectivity index (χ1) is 13.3. The van der Waals surface area contributed by atoms with E-state index in [1.54, 1.807) is 20.8 Å². The molecule has 1 aliphatic rings. The summed E-state index contributed by atoms with van der Waals surface area (Å²) in [5.74, 6) is 5.18. The van der Waals surface area contributed by atoms with Crippen molar-refractivity contribution in [1.29, 1.82) is 0 Å². The van der Waals surface area contributed by atoms with Gasteiger partial charge in [0.1, 0.15) is 5.60 Å². The van der Waals surface area contributed by atoms with Crippen LogP contribution in [0.25, 0.3) is 0 Å². The molecule has 28 heavy (non-hydrogen) atoms. The molecule has 1 aromatic rings. The number of benzene rings is 1. The SMILES string of the molecule is CCCCCCC#CC(=O)[C@@H]1OC[C@H](c2ccccc2)N1C(=O)OC(C)(C)C. The van der Waals surface area contributed by atoms with Crippen LogP contribution in [0.3, 0.4) is 0 Å². The number of Topliss-reactive ketones (excluding diaryl/α,β-unsaturated/α-hetero) is 1. The van der Waals surface area contributed by atoms with Crippen LogP contribution in [0.15, 0.2) is 30.3 Å².